The van der Waals surface area contributed by atoms with Crippen LogP contribution < -0.4 is 10.5 Å². The minimum Gasteiger partial charge on any atom is -0.496 e. The van der Waals surface area contributed by atoms with Gasteiger partial charge >= 0.3 is 0 Å². The Morgan fingerprint density at radius 1 is 0.941 bits per heavy atom. The molecule has 5 heteroatoms. The van der Waals surface area contributed by atoms with Crippen molar-refractivity contribution in [2.45, 2.75) is 26.8 Å². The van der Waals surface area contributed by atoms with Crippen LogP contribution in [0.5, 0.6) is 5.75 Å². The largest absolute Gasteiger partial charge is 0.496 e. The van der Waals surface area contributed by atoms with E-state index in [0.717, 1.165) is 33.5 Å². The van der Waals surface area contributed by atoms with E-state index in [9.17, 15) is 9.18 Å². The number of rotatable bonds is 7. The Hall–Kier alpha value is -3.83. The molecule has 0 atom stereocenters. The zero-order valence-corrected chi connectivity index (χ0v) is 19.6. The number of carbonyl (C=O) groups is 1. The molecule has 4 nitrogen and oxygen atoms in total. The monoisotopic (exact) mass is 454 g/mol. The minimum atomic E-state index is -0.389. The number of hydrogen-bond acceptors (Lipinski definition) is 4. The molecule has 0 aliphatic carbocycles. The second-order valence-electron chi connectivity index (χ2n) is 8.22. The fraction of sp³-hybridized carbons (Fsp3) is 0.172. The van der Waals surface area contributed by atoms with Crippen LogP contribution in [0.3, 0.4) is 0 Å². The third-order valence-electron chi connectivity index (χ3n) is 6.22. The zero-order chi connectivity index (χ0) is 24.2. The number of ether oxygens (including phenoxy) is 1. The standard InChI is InChI=1S/C29H27FN2O2/c1-18-22(20-14-27(30)26(17-31)29(15-20)34-3)9-6-10-23(18)24-11-7-12-25(19(24)2)28(33)16-21-8-4-5-13-32-21/h4-15H,16-17,31H2,1-3H3. The van der Waals surface area contributed by atoms with Gasteiger partial charge in [-0.25, -0.2) is 4.39 Å². The molecule has 1 heterocycles. The number of nitrogens with zero attached hydrogens (tertiary/aromatic N) is 1. The van der Waals surface area contributed by atoms with E-state index in [1.54, 1.807) is 6.20 Å². The normalized spacial score (nSPS) is 10.9. The van der Waals surface area contributed by atoms with Crippen LogP contribution in [-0.2, 0) is 13.0 Å². The molecule has 0 saturated heterocycles. The maximum Gasteiger partial charge on any atom is 0.169 e. The number of carbonyl (C=O) groups excluding carboxylic acids is 1. The summed E-state index contributed by atoms with van der Waals surface area (Å²) in [5.41, 5.74) is 12.9. The quantitative estimate of drug-likeness (QED) is 0.345. The fourth-order valence-electron chi connectivity index (χ4n) is 4.38. The number of nitrogens with two attached hydrogens (primary N) is 1. The average molecular weight is 455 g/mol. The maximum atomic E-state index is 14.7. The first-order chi connectivity index (χ1) is 16.4. The van der Waals surface area contributed by atoms with E-state index < -0.39 is 0 Å². The van der Waals surface area contributed by atoms with Crippen molar-refractivity contribution >= 4 is 5.78 Å². The molecule has 0 aliphatic rings. The first-order valence-electron chi connectivity index (χ1n) is 11.1. The lowest BCUT2D eigenvalue weighted by Gasteiger charge is -2.17. The molecule has 0 spiro atoms. The summed E-state index contributed by atoms with van der Waals surface area (Å²) < 4.78 is 20.1. The van der Waals surface area contributed by atoms with E-state index in [4.69, 9.17) is 10.5 Å². The highest BCUT2D eigenvalue weighted by Crippen LogP contribution is 2.37. The average Bonchev–Trinajstić information content (AvgIpc) is 2.84. The molecular formula is C29H27FN2O2. The molecule has 172 valence electrons. The van der Waals surface area contributed by atoms with Gasteiger partial charge in [-0.05, 0) is 71.5 Å². The first kappa shape index (κ1) is 23.3. The number of pyridine rings is 1. The highest BCUT2D eigenvalue weighted by Gasteiger charge is 2.18. The summed E-state index contributed by atoms with van der Waals surface area (Å²) in [6, 6.07) is 20.6. The summed E-state index contributed by atoms with van der Waals surface area (Å²) >= 11 is 0. The Bertz CT molecular complexity index is 1350. The third-order valence-corrected chi connectivity index (χ3v) is 6.22. The van der Waals surface area contributed by atoms with Gasteiger partial charge in [-0.15, -0.1) is 0 Å². The van der Waals surface area contributed by atoms with Gasteiger partial charge in [0.1, 0.15) is 11.6 Å². The third kappa shape index (κ3) is 4.47. The van der Waals surface area contributed by atoms with Crippen molar-refractivity contribution in [3.8, 4) is 28.0 Å². The van der Waals surface area contributed by atoms with Crippen LogP contribution in [-0.4, -0.2) is 17.9 Å². The van der Waals surface area contributed by atoms with E-state index in [2.05, 4.69) is 4.98 Å². The second kappa shape index (κ2) is 9.98. The van der Waals surface area contributed by atoms with Crippen molar-refractivity contribution < 1.29 is 13.9 Å². The summed E-state index contributed by atoms with van der Waals surface area (Å²) in [6.07, 6.45) is 1.94. The van der Waals surface area contributed by atoms with Gasteiger partial charge in [0.25, 0.3) is 0 Å². The van der Waals surface area contributed by atoms with Gasteiger partial charge in [-0.3, -0.25) is 9.78 Å². The highest BCUT2D eigenvalue weighted by atomic mass is 19.1. The van der Waals surface area contributed by atoms with E-state index in [0.29, 0.717) is 22.4 Å². The van der Waals surface area contributed by atoms with Crippen LogP contribution >= 0.6 is 0 Å². The summed E-state index contributed by atoms with van der Waals surface area (Å²) in [7, 11) is 1.51. The molecule has 2 N–H and O–H groups in total. The van der Waals surface area contributed by atoms with Crippen LogP contribution in [0.1, 0.15) is 32.7 Å². The Morgan fingerprint density at radius 3 is 2.32 bits per heavy atom. The lowest BCUT2D eigenvalue weighted by atomic mass is 9.88. The van der Waals surface area contributed by atoms with Crippen molar-refractivity contribution in [1.29, 1.82) is 0 Å². The Morgan fingerprint density at radius 2 is 1.65 bits per heavy atom. The van der Waals surface area contributed by atoms with Crippen molar-refractivity contribution in [3.05, 3.63) is 107 Å². The Kier molecular flexibility index (Phi) is 6.85. The van der Waals surface area contributed by atoms with E-state index in [1.165, 1.54) is 13.2 Å². The summed E-state index contributed by atoms with van der Waals surface area (Å²) in [4.78, 5) is 17.3. The summed E-state index contributed by atoms with van der Waals surface area (Å²) in [5.74, 6) is 0.0663. The van der Waals surface area contributed by atoms with Gasteiger partial charge in [-0.1, -0.05) is 42.5 Å². The molecule has 0 unspecified atom stereocenters. The lowest BCUT2D eigenvalue weighted by molar-refractivity contribution is 0.0991. The Labute approximate surface area is 199 Å². The molecule has 3 aromatic carbocycles. The van der Waals surface area contributed by atoms with Crippen molar-refractivity contribution in [2.75, 3.05) is 7.11 Å². The predicted octanol–water partition coefficient (Wildman–Crippen LogP) is 6.06. The highest BCUT2D eigenvalue weighted by molar-refractivity contribution is 6.00. The smallest absolute Gasteiger partial charge is 0.169 e. The molecule has 0 bridgehead atoms. The molecule has 0 saturated carbocycles. The number of hydrogen-bond donors (Lipinski definition) is 1. The Balaban J connectivity index is 1.76. The van der Waals surface area contributed by atoms with Gasteiger partial charge in [0.05, 0.1) is 13.5 Å². The van der Waals surface area contributed by atoms with Crippen molar-refractivity contribution in [1.82, 2.24) is 4.98 Å². The van der Waals surface area contributed by atoms with Crippen LogP contribution in [0.25, 0.3) is 22.3 Å². The predicted molar refractivity (Wildman–Crippen MR) is 133 cm³/mol. The van der Waals surface area contributed by atoms with Gasteiger partial charge in [-0.2, -0.15) is 0 Å². The van der Waals surface area contributed by atoms with Crippen LogP contribution in [0.2, 0.25) is 0 Å². The fourth-order valence-corrected chi connectivity index (χ4v) is 4.38. The number of methoxy groups -OCH3 is 1. The topological polar surface area (TPSA) is 65.2 Å². The molecule has 0 fully saturated rings. The van der Waals surface area contributed by atoms with Gasteiger partial charge in [0.2, 0.25) is 0 Å². The van der Waals surface area contributed by atoms with Crippen LogP contribution in [0.15, 0.2) is 72.9 Å². The van der Waals surface area contributed by atoms with E-state index in [-0.39, 0.29) is 24.6 Å². The van der Waals surface area contributed by atoms with Gasteiger partial charge < -0.3 is 10.5 Å². The SMILES string of the molecule is COc1cc(-c2cccc(-c3cccc(C(=O)Cc4ccccn4)c3C)c2C)cc(F)c1CN. The summed E-state index contributed by atoms with van der Waals surface area (Å²) in [5, 5.41) is 0. The first-order valence-corrected chi connectivity index (χ1v) is 11.1. The molecule has 4 aromatic rings. The number of ketones is 1. The van der Waals surface area contributed by atoms with Crippen LogP contribution in [0.4, 0.5) is 4.39 Å². The number of halogens is 1. The van der Waals surface area contributed by atoms with Crippen LogP contribution in [0, 0.1) is 19.7 Å². The lowest BCUT2D eigenvalue weighted by Crippen LogP contribution is -2.07. The van der Waals surface area contributed by atoms with Gasteiger partial charge in [0, 0.05) is 29.6 Å². The van der Waals surface area contributed by atoms with Gasteiger partial charge in [0.15, 0.2) is 5.78 Å². The maximum absolute atomic E-state index is 14.7. The van der Waals surface area contributed by atoms with Crippen molar-refractivity contribution in [2.24, 2.45) is 5.73 Å². The molecule has 0 radical (unpaired) electrons. The van der Waals surface area contributed by atoms with E-state index in [1.807, 2.05) is 74.5 Å². The second-order valence-corrected chi connectivity index (χ2v) is 8.22. The van der Waals surface area contributed by atoms with E-state index >= 15 is 0 Å². The molecule has 0 amide bonds. The molecule has 0 aliphatic heterocycles. The number of benzene rings is 3. The molecule has 4 rings (SSSR count). The minimum absolute atomic E-state index is 0.0241. The molecular weight excluding hydrogens is 427 g/mol. The van der Waals surface area contributed by atoms with Crippen molar-refractivity contribution in [3.63, 3.8) is 0 Å². The molecule has 1 aromatic heterocycles. The number of Topliss-reactive ketones (excluding diaryl/α,β-unsaturated/α-hetero) is 1. The zero-order valence-electron chi connectivity index (χ0n) is 19.6. The molecule has 34 heavy (non-hydrogen) atoms. The summed E-state index contributed by atoms with van der Waals surface area (Å²) in [6.45, 7) is 4.03. The number of aromatic nitrogens is 1.